The van der Waals surface area contributed by atoms with E-state index >= 15 is 0 Å². The van der Waals surface area contributed by atoms with Gasteiger partial charge in [0.05, 0.1) is 6.61 Å². The molecule has 4 nitrogen and oxygen atoms in total. The van der Waals surface area contributed by atoms with Crippen molar-refractivity contribution in [3.63, 3.8) is 0 Å². The van der Waals surface area contributed by atoms with Crippen LogP contribution in [0.1, 0.15) is 37.9 Å². The number of piperidine rings is 1. The van der Waals surface area contributed by atoms with Crippen molar-refractivity contribution in [2.45, 2.75) is 39.7 Å². The van der Waals surface area contributed by atoms with Crippen LogP contribution < -0.4 is 10.2 Å². The predicted octanol–water partition coefficient (Wildman–Crippen LogP) is 2.62. The number of nitrogens with one attached hydrogen (secondary N) is 1. The number of ether oxygens (including phenoxy) is 1. The Bertz CT molecular complexity index is 434. The number of hydrogen-bond donors (Lipinski definition) is 1. The molecule has 1 saturated heterocycles. The van der Waals surface area contributed by atoms with E-state index in [1.54, 1.807) is 7.11 Å². The number of methoxy groups -OCH3 is 1. The van der Waals surface area contributed by atoms with Crippen LogP contribution in [0.4, 0.5) is 5.82 Å². The molecule has 2 heterocycles. The van der Waals surface area contributed by atoms with Crippen LogP contribution in [-0.4, -0.2) is 38.3 Å². The lowest BCUT2D eigenvalue weighted by molar-refractivity contribution is 0.143. The average molecular weight is 291 g/mol. The van der Waals surface area contributed by atoms with Gasteiger partial charge in [-0.05, 0) is 49.4 Å². The fourth-order valence-electron chi connectivity index (χ4n) is 2.99. The van der Waals surface area contributed by atoms with E-state index in [-0.39, 0.29) is 0 Å². The van der Waals surface area contributed by atoms with Crippen LogP contribution in [0.15, 0.2) is 12.1 Å². The van der Waals surface area contributed by atoms with Crippen molar-refractivity contribution in [3.05, 3.63) is 23.4 Å². The molecule has 1 N–H and O–H groups in total. The van der Waals surface area contributed by atoms with Gasteiger partial charge < -0.3 is 15.0 Å². The summed E-state index contributed by atoms with van der Waals surface area (Å²) in [7, 11) is 1.80. The van der Waals surface area contributed by atoms with Gasteiger partial charge in [-0.2, -0.15) is 0 Å². The van der Waals surface area contributed by atoms with Gasteiger partial charge in [-0.15, -0.1) is 0 Å². The molecule has 0 amide bonds. The third kappa shape index (κ3) is 4.68. The summed E-state index contributed by atoms with van der Waals surface area (Å²) in [6.07, 6.45) is 3.49. The maximum absolute atomic E-state index is 5.33. The van der Waals surface area contributed by atoms with Crippen LogP contribution in [0.2, 0.25) is 0 Å². The zero-order chi connectivity index (χ0) is 15.1. The summed E-state index contributed by atoms with van der Waals surface area (Å²) in [6, 6.07) is 4.47. The zero-order valence-corrected chi connectivity index (χ0v) is 13.7. The van der Waals surface area contributed by atoms with Crippen molar-refractivity contribution in [2.75, 3.05) is 38.3 Å². The lowest BCUT2D eigenvalue weighted by Crippen LogP contribution is -2.37. The van der Waals surface area contributed by atoms with Gasteiger partial charge in [0.2, 0.25) is 0 Å². The van der Waals surface area contributed by atoms with E-state index in [1.165, 1.54) is 24.1 Å². The summed E-state index contributed by atoms with van der Waals surface area (Å²) >= 11 is 0. The van der Waals surface area contributed by atoms with Crippen LogP contribution in [0.25, 0.3) is 0 Å². The third-order valence-electron chi connectivity index (χ3n) is 4.11. The van der Waals surface area contributed by atoms with Crippen LogP contribution in [-0.2, 0) is 17.7 Å². The Morgan fingerprint density at radius 1 is 1.38 bits per heavy atom. The maximum Gasteiger partial charge on any atom is 0.129 e. The van der Waals surface area contributed by atoms with Crippen LogP contribution in [0.3, 0.4) is 0 Å². The maximum atomic E-state index is 5.33. The Labute approximate surface area is 128 Å². The predicted molar refractivity (Wildman–Crippen MR) is 87.8 cm³/mol. The monoisotopic (exact) mass is 291 g/mol. The fourth-order valence-corrected chi connectivity index (χ4v) is 2.99. The largest absolute Gasteiger partial charge is 0.384 e. The van der Waals surface area contributed by atoms with Crippen molar-refractivity contribution >= 4 is 5.82 Å². The highest BCUT2D eigenvalue weighted by atomic mass is 16.5. The van der Waals surface area contributed by atoms with Gasteiger partial charge in [0.25, 0.3) is 0 Å². The summed E-state index contributed by atoms with van der Waals surface area (Å²) < 4.78 is 5.33. The molecule has 1 fully saturated rings. The number of hydrogen-bond acceptors (Lipinski definition) is 4. The van der Waals surface area contributed by atoms with E-state index in [1.807, 2.05) is 0 Å². The molecule has 1 aliphatic rings. The summed E-state index contributed by atoms with van der Waals surface area (Å²) in [5.74, 6) is 1.77. The third-order valence-corrected chi connectivity index (χ3v) is 4.11. The minimum absolute atomic E-state index is 0.632. The number of pyridine rings is 1. The summed E-state index contributed by atoms with van der Waals surface area (Å²) in [5.41, 5.74) is 2.53. The second kappa shape index (κ2) is 8.35. The molecule has 1 aliphatic heterocycles. The molecule has 118 valence electrons. The molecule has 0 saturated carbocycles. The minimum Gasteiger partial charge on any atom is -0.384 e. The molecule has 1 atom stereocenters. The lowest BCUT2D eigenvalue weighted by Gasteiger charge is -2.33. The van der Waals surface area contributed by atoms with E-state index in [0.29, 0.717) is 5.92 Å². The van der Waals surface area contributed by atoms with Gasteiger partial charge in [0, 0.05) is 32.4 Å². The smallest absolute Gasteiger partial charge is 0.129 e. The van der Waals surface area contributed by atoms with Gasteiger partial charge >= 0.3 is 0 Å². The zero-order valence-electron chi connectivity index (χ0n) is 13.7. The SMILES string of the molecule is CCNCc1cc(CC)nc(N2CCCC(COC)C2)c1. The summed E-state index contributed by atoms with van der Waals surface area (Å²) in [5, 5.41) is 3.41. The lowest BCUT2D eigenvalue weighted by atomic mass is 9.99. The van der Waals surface area contributed by atoms with E-state index in [2.05, 4.69) is 36.2 Å². The number of aryl methyl sites for hydroxylation is 1. The molecule has 1 unspecified atom stereocenters. The van der Waals surface area contributed by atoms with E-state index in [0.717, 1.165) is 45.0 Å². The van der Waals surface area contributed by atoms with Crippen LogP contribution in [0.5, 0.6) is 0 Å². The summed E-state index contributed by atoms with van der Waals surface area (Å²) in [4.78, 5) is 7.27. The molecule has 0 radical (unpaired) electrons. The first-order chi connectivity index (χ1) is 10.3. The first kappa shape index (κ1) is 16.2. The van der Waals surface area contributed by atoms with Crippen LogP contribution in [0, 0.1) is 5.92 Å². The van der Waals surface area contributed by atoms with E-state index < -0.39 is 0 Å². The van der Waals surface area contributed by atoms with Gasteiger partial charge in [0.15, 0.2) is 0 Å². The first-order valence-corrected chi connectivity index (χ1v) is 8.21. The second-order valence-electron chi connectivity index (χ2n) is 5.87. The van der Waals surface area contributed by atoms with Gasteiger partial charge in [-0.1, -0.05) is 13.8 Å². The standard InChI is InChI=1S/C17H29N3O/c1-4-16-9-15(11-18-5-2)10-17(19-16)20-8-6-7-14(12-20)13-21-3/h9-10,14,18H,4-8,11-13H2,1-3H3. The molecule has 0 spiro atoms. The van der Waals surface area contributed by atoms with Crippen molar-refractivity contribution in [2.24, 2.45) is 5.92 Å². The Kier molecular flexibility index (Phi) is 6.46. The minimum atomic E-state index is 0.632. The second-order valence-corrected chi connectivity index (χ2v) is 5.87. The van der Waals surface area contributed by atoms with Gasteiger partial charge in [-0.25, -0.2) is 4.98 Å². The van der Waals surface area contributed by atoms with Crippen molar-refractivity contribution in [1.29, 1.82) is 0 Å². The highest BCUT2D eigenvalue weighted by molar-refractivity contribution is 5.43. The molecule has 0 aliphatic carbocycles. The number of anilines is 1. The van der Waals surface area contributed by atoms with Gasteiger partial charge in [-0.3, -0.25) is 0 Å². The van der Waals surface area contributed by atoms with Crippen molar-refractivity contribution in [1.82, 2.24) is 10.3 Å². The Morgan fingerprint density at radius 3 is 2.95 bits per heavy atom. The van der Waals surface area contributed by atoms with Crippen LogP contribution >= 0.6 is 0 Å². The molecule has 2 rings (SSSR count). The number of rotatable bonds is 7. The Morgan fingerprint density at radius 2 is 2.24 bits per heavy atom. The number of nitrogens with zero attached hydrogens (tertiary/aromatic N) is 2. The van der Waals surface area contributed by atoms with Gasteiger partial charge in [0.1, 0.15) is 5.82 Å². The number of aromatic nitrogens is 1. The highest BCUT2D eigenvalue weighted by Gasteiger charge is 2.21. The van der Waals surface area contributed by atoms with E-state index in [4.69, 9.17) is 9.72 Å². The van der Waals surface area contributed by atoms with Crippen molar-refractivity contribution < 1.29 is 4.74 Å². The molecule has 1 aromatic rings. The molecule has 0 bridgehead atoms. The average Bonchev–Trinajstić information content (AvgIpc) is 2.53. The summed E-state index contributed by atoms with van der Waals surface area (Å²) in [6.45, 7) is 9.27. The molecular weight excluding hydrogens is 262 g/mol. The first-order valence-electron chi connectivity index (χ1n) is 8.21. The molecule has 21 heavy (non-hydrogen) atoms. The molecule has 1 aromatic heterocycles. The van der Waals surface area contributed by atoms with E-state index in [9.17, 15) is 0 Å². The Balaban J connectivity index is 2.13. The van der Waals surface area contributed by atoms with Crippen molar-refractivity contribution in [3.8, 4) is 0 Å². The quantitative estimate of drug-likeness (QED) is 0.838. The topological polar surface area (TPSA) is 37.4 Å². The molecular formula is C17H29N3O. The normalized spacial score (nSPS) is 19.0. The Hall–Kier alpha value is -1.13. The fraction of sp³-hybridized carbons (Fsp3) is 0.706. The highest BCUT2D eigenvalue weighted by Crippen LogP contribution is 2.23. The molecule has 0 aromatic carbocycles. The molecule has 4 heteroatoms.